The molecule has 2 aromatic heterocycles. The minimum atomic E-state index is -0.569. The summed E-state index contributed by atoms with van der Waals surface area (Å²) in [6.07, 6.45) is 6.14. The highest BCUT2D eigenvalue weighted by molar-refractivity contribution is 5.92. The molecular formula is C10H11N5O2. The summed E-state index contributed by atoms with van der Waals surface area (Å²) in [5.41, 5.74) is 5.31. The largest absolute Gasteiger partial charge is 0.455 e. The summed E-state index contributed by atoms with van der Waals surface area (Å²) in [5, 5.41) is 0. The van der Waals surface area contributed by atoms with Gasteiger partial charge in [0.2, 0.25) is 0 Å². The normalized spacial score (nSPS) is 10.2. The van der Waals surface area contributed by atoms with Crippen LogP contribution in [0.15, 0.2) is 24.8 Å². The molecule has 17 heavy (non-hydrogen) atoms. The molecule has 0 saturated carbocycles. The summed E-state index contributed by atoms with van der Waals surface area (Å²) in [4.78, 5) is 22.6. The number of nitrogens with zero attached hydrogens (tertiary/aromatic N) is 4. The van der Waals surface area contributed by atoms with E-state index in [2.05, 4.69) is 15.0 Å². The van der Waals surface area contributed by atoms with Gasteiger partial charge in [-0.15, -0.1) is 0 Å². The van der Waals surface area contributed by atoms with Crippen molar-refractivity contribution in [1.82, 2.24) is 19.5 Å². The van der Waals surface area contributed by atoms with Crippen LogP contribution in [0.4, 0.5) is 0 Å². The zero-order chi connectivity index (χ0) is 12.3. The highest BCUT2D eigenvalue weighted by Gasteiger charge is 2.05. The second-order valence-electron chi connectivity index (χ2n) is 3.36. The van der Waals surface area contributed by atoms with Gasteiger partial charge in [-0.3, -0.25) is 4.79 Å². The Morgan fingerprint density at radius 1 is 1.41 bits per heavy atom. The van der Waals surface area contributed by atoms with Gasteiger partial charge >= 0.3 is 6.01 Å². The summed E-state index contributed by atoms with van der Waals surface area (Å²) in [6, 6.07) is 0.179. The number of hydrogen-bond donors (Lipinski definition) is 1. The fraction of sp³-hybridized carbons (Fsp3) is 0.200. The zero-order valence-corrected chi connectivity index (χ0v) is 9.20. The first-order valence-corrected chi connectivity index (χ1v) is 4.87. The minimum absolute atomic E-state index is 0.179. The summed E-state index contributed by atoms with van der Waals surface area (Å²) < 4.78 is 7.14. The summed E-state index contributed by atoms with van der Waals surface area (Å²) in [5.74, 6) is 0.188. The smallest absolute Gasteiger partial charge is 0.316 e. The van der Waals surface area contributed by atoms with Crippen LogP contribution in [0.25, 0.3) is 0 Å². The second kappa shape index (κ2) is 4.60. The van der Waals surface area contributed by atoms with Gasteiger partial charge in [0.1, 0.15) is 12.4 Å². The quantitative estimate of drug-likeness (QED) is 0.794. The van der Waals surface area contributed by atoms with E-state index in [0.29, 0.717) is 0 Å². The van der Waals surface area contributed by atoms with Gasteiger partial charge in [0.15, 0.2) is 0 Å². The molecule has 0 aromatic carbocycles. The molecule has 0 aliphatic carbocycles. The fourth-order valence-electron chi connectivity index (χ4n) is 1.18. The fourth-order valence-corrected chi connectivity index (χ4v) is 1.18. The van der Waals surface area contributed by atoms with E-state index in [-0.39, 0.29) is 18.2 Å². The molecule has 0 fully saturated rings. The highest BCUT2D eigenvalue weighted by Crippen LogP contribution is 2.05. The van der Waals surface area contributed by atoms with E-state index in [4.69, 9.17) is 10.5 Å². The Kier molecular flexibility index (Phi) is 2.99. The minimum Gasteiger partial charge on any atom is -0.455 e. The predicted molar refractivity (Wildman–Crippen MR) is 58.1 cm³/mol. The van der Waals surface area contributed by atoms with Crippen LogP contribution >= 0.6 is 0 Å². The van der Waals surface area contributed by atoms with Crippen LogP contribution in [0.3, 0.4) is 0 Å². The molecule has 7 nitrogen and oxygen atoms in total. The van der Waals surface area contributed by atoms with Crippen molar-refractivity contribution in [2.75, 3.05) is 0 Å². The molecule has 0 bridgehead atoms. The number of amides is 1. The number of imidazole rings is 1. The molecule has 0 radical (unpaired) electrons. The Bertz CT molecular complexity index is 520. The third kappa shape index (κ3) is 2.57. The molecular weight excluding hydrogens is 222 g/mol. The first-order valence-electron chi connectivity index (χ1n) is 4.87. The number of carbonyl (C=O) groups excluding carboxylic acids is 1. The average Bonchev–Trinajstić information content (AvgIpc) is 2.73. The molecule has 0 saturated heterocycles. The summed E-state index contributed by atoms with van der Waals surface area (Å²) >= 11 is 0. The van der Waals surface area contributed by atoms with Crippen molar-refractivity contribution in [3.63, 3.8) is 0 Å². The van der Waals surface area contributed by atoms with Crippen molar-refractivity contribution >= 4 is 5.91 Å². The molecule has 0 aliphatic rings. The molecule has 0 spiro atoms. The molecule has 88 valence electrons. The lowest BCUT2D eigenvalue weighted by molar-refractivity contribution is 0.0999. The topological polar surface area (TPSA) is 95.9 Å². The monoisotopic (exact) mass is 233 g/mol. The van der Waals surface area contributed by atoms with Crippen molar-refractivity contribution in [3.05, 3.63) is 36.2 Å². The first kappa shape index (κ1) is 11.1. The van der Waals surface area contributed by atoms with Crippen LogP contribution < -0.4 is 10.5 Å². The van der Waals surface area contributed by atoms with E-state index in [1.807, 2.05) is 17.8 Å². The van der Waals surface area contributed by atoms with Crippen molar-refractivity contribution in [2.24, 2.45) is 12.8 Å². The lowest BCUT2D eigenvalue weighted by atomic mass is 10.3. The zero-order valence-electron chi connectivity index (χ0n) is 9.20. The highest BCUT2D eigenvalue weighted by atomic mass is 16.5. The van der Waals surface area contributed by atoms with Gasteiger partial charge in [-0.1, -0.05) is 0 Å². The van der Waals surface area contributed by atoms with Crippen molar-refractivity contribution in [3.8, 4) is 6.01 Å². The van der Waals surface area contributed by atoms with Gasteiger partial charge in [0.05, 0.1) is 5.56 Å². The van der Waals surface area contributed by atoms with E-state index in [1.54, 1.807) is 6.20 Å². The van der Waals surface area contributed by atoms with Crippen LogP contribution in [0.2, 0.25) is 0 Å². The van der Waals surface area contributed by atoms with Crippen LogP contribution in [-0.4, -0.2) is 25.4 Å². The first-order chi connectivity index (χ1) is 8.16. The van der Waals surface area contributed by atoms with Crippen LogP contribution in [0.1, 0.15) is 16.2 Å². The van der Waals surface area contributed by atoms with E-state index >= 15 is 0 Å². The number of hydrogen-bond acceptors (Lipinski definition) is 5. The van der Waals surface area contributed by atoms with Crippen LogP contribution in [-0.2, 0) is 13.7 Å². The maximum atomic E-state index is 10.8. The van der Waals surface area contributed by atoms with E-state index in [0.717, 1.165) is 5.82 Å². The molecule has 2 rings (SSSR count). The molecule has 0 aliphatic heterocycles. The maximum Gasteiger partial charge on any atom is 0.316 e. The Balaban J connectivity index is 2.00. The summed E-state index contributed by atoms with van der Waals surface area (Å²) in [7, 11) is 1.86. The van der Waals surface area contributed by atoms with Crippen molar-refractivity contribution in [1.29, 1.82) is 0 Å². The second-order valence-corrected chi connectivity index (χ2v) is 3.36. The summed E-state index contributed by atoms with van der Waals surface area (Å²) in [6.45, 7) is 0.263. The molecule has 0 atom stereocenters. The number of aryl methyl sites for hydroxylation is 1. The lowest BCUT2D eigenvalue weighted by Crippen LogP contribution is -2.12. The third-order valence-electron chi connectivity index (χ3n) is 2.16. The standard InChI is InChI=1S/C10H11N5O2/c1-15-3-2-12-8(15)6-17-10-13-4-7(5-14-10)9(11)16/h2-5H,6H2,1H3,(H2,11,16). The average molecular weight is 233 g/mol. The number of rotatable bonds is 4. The number of ether oxygens (including phenoxy) is 1. The molecule has 2 aromatic rings. The van der Waals surface area contributed by atoms with Gasteiger partial charge in [0, 0.05) is 31.8 Å². The van der Waals surface area contributed by atoms with Gasteiger partial charge in [-0.25, -0.2) is 15.0 Å². The third-order valence-corrected chi connectivity index (χ3v) is 2.16. The molecule has 0 unspecified atom stereocenters. The van der Waals surface area contributed by atoms with Crippen LogP contribution in [0.5, 0.6) is 6.01 Å². The number of aromatic nitrogens is 4. The van der Waals surface area contributed by atoms with Crippen molar-refractivity contribution < 1.29 is 9.53 Å². The maximum absolute atomic E-state index is 10.8. The Morgan fingerprint density at radius 3 is 2.65 bits per heavy atom. The van der Waals surface area contributed by atoms with Crippen LogP contribution in [0, 0.1) is 0 Å². The Morgan fingerprint density at radius 2 is 2.12 bits per heavy atom. The lowest BCUT2D eigenvalue weighted by Gasteiger charge is -2.04. The Labute approximate surface area is 97.3 Å². The van der Waals surface area contributed by atoms with E-state index in [1.165, 1.54) is 12.4 Å². The molecule has 2 N–H and O–H groups in total. The molecule has 7 heteroatoms. The molecule has 1 amide bonds. The number of primary amides is 1. The van der Waals surface area contributed by atoms with Crippen molar-refractivity contribution in [2.45, 2.75) is 6.61 Å². The SMILES string of the molecule is Cn1ccnc1COc1ncc(C(N)=O)cn1. The van der Waals surface area contributed by atoms with Gasteiger partial charge < -0.3 is 15.0 Å². The number of carbonyl (C=O) groups is 1. The van der Waals surface area contributed by atoms with Gasteiger partial charge in [0.25, 0.3) is 5.91 Å². The van der Waals surface area contributed by atoms with Gasteiger partial charge in [-0.2, -0.15) is 0 Å². The predicted octanol–water partition coefficient (Wildman–Crippen LogP) is -0.112. The van der Waals surface area contributed by atoms with Gasteiger partial charge in [-0.05, 0) is 0 Å². The van der Waals surface area contributed by atoms with E-state index in [9.17, 15) is 4.79 Å². The van der Waals surface area contributed by atoms with E-state index < -0.39 is 5.91 Å². The number of nitrogens with two attached hydrogens (primary N) is 1. The Hall–Kier alpha value is -2.44. The molecule has 2 heterocycles.